The number of pyridine rings is 1. The summed E-state index contributed by atoms with van der Waals surface area (Å²) < 4.78 is 43.8. The van der Waals surface area contributed by atoms with E-state index in [-0.39, 0.29) is 0 Å². The van der Waals surface area contributed by atoms with Crippen LogP contribution in [0, 0.1) is 6.92 Å². The van der Waals surface area contributed by atoms with Gasteiger partial charge in [-0.2, -0.15) is 13.2 Å². The highest BCUT2D eigenvalue weighted by molar-refractivity contribution is 5.94. The molecule has 3 nitrogen and oxygen atoms in total. The van der Waals surface area contributed by atoms with Crippen molar-refractivity contribution in [1.29, 1.82) is 0 Å². The van der Waals surface area contributed by atoms with Crippen LogP contribution in [-0.4, -0.2) is 12.1 Å². The third-order valence-electron chi connectivity index (χ3n) is 3.61. The Labute approximate surface area is 137 Å². The lowest BCUT2D eigenvalue weighted by atomic mass is 10.1. The fourth-order valence-electron chi connectivity index (χ4n) is 2.50. The van der Waals surface area contributed by atoms with Crippen molar-refractivity contribution in [2.24, 2.45) is 0 Å². The Morgan fingerprint density at radius 3 is 2.54 bits per heavy atom. The van der Waals surface area contributed by atoms with Crippen molar-refractivity contribution < 1.29 is 17.9 Å². The molecule has 124 valence electrons. The van der Waals surface area contributed by atoms with Crippen molar-refractivity contribution in [2.75, 3.05) is 12.4 Å². The second kappa shape index (κ2) is 6.03. The molecule has 0 radical (unpaired) electrons. The molecule has 0 saturated carbocycles. The van der Waals surface area contributed by atoms with Gasteiger partial charge in [0.15, 0.2) is 0 Å². The number of benzene rings is 2. The number of fused-ring (bicyclic) bond motifs is 1. The van der Waals surface area contributed by atoms with Gasteiger partial charge in [0.25, 0.3) is 0 Å². The van der Waals surface area contributed by atoms with E-state index < -0.39 is 11.7 Å². The second-order valence-electron chi connectivity index (χ2n) is 5.40. The Bertz CT molecular complexity index is 891. The van der Waals surface area contributed by atoms with Crippen molar-refractivity contribution in [3.63, 3.8) is 0 Å². The summed E-state index contributed by atoms with van der Waals surface area (Å²) in [4.78, 5) is 4.43. The van der Waals surface area contributed by atoms with Crippen LogP contribution in [0.2, 0.25) is 0 Å². The number of hydrogen-bond acceptors (Lipinski definition) is 3. The average molecular weight is 332 g/mol. The first-order valence-electron chi connectivity index (χ1n) is 7.26. The second-order valence-corrected chi connectivity index (χ2v) is 5.40. The van der Waals surface area contributed by atoms with Crippen LogP contribution in [-0.2, 0) is 6.18 Å². The van der Waals surface area contributed by atoms with Crippen LogP contribution in [0.15, 0.2) is 48.5 Å². The highest BCUT2D eigenvalue weighted by Crippen LogP contribution is 2.33. The number of rotatable bonds is 3. The maximum absolute atomic E-state index is 12.9. The Hall–Kier alpha value is -2.76. The molecule has 3 rings (SSSR count). The minimum absolute atomic E-state index is 0.361. The summed E-state index contributed by atoms with van der Waals surface area (Å²) in [6.07, 6.45) is -4.38. The van der Waals surface area contributed by atoms with Crippen molar-refractivity contribution >= 4 is 22.3 Å². The summed E-state index contributed by atoms with van der Waals surface area (Å²) in [7, 11) is 1.56. The van der Waals surface area contributed by atoms with E-state index in [1.807, 2.05) is 13.0 Å². The van der Waals surface area contributed by atoms with E-state index in [4.69, 9.17) is 4.74 Å². The molecule has 3 aromatic rings. The highest BCUT2D eigenvalue weighted by atomic mass is 19.4. The fourth-order valence-corrected chi connectivity index (χ4v) is 2.50. The predicted molar refractivity (Wildman–Crippen MR) is 87.8 cm³/mol. The number of aryl methyl sites for hydroxylation is 1. The molecule has 0 unspecified atom stereocenters. The van der Waals surface area contributed by atoms with E-state index in [1.165, 1.54) is 6.07 Å². The smallest absolute Gasteiger partial charge is 0.416 e. The zero-order chi connectivity index (χ0) is 17.3. The van der Waals surface area contributed by atoms with Gasteiger partial charge in [0.2, 0.25) is 0 Å². The van der Waals surface area contributed by atoms with Gasteiger partial charge in [0, 0.05) is 22.5 Å². The van der Waals surface area contributed by atoms with Crippen LogP contribution < -0.4 is 10.1 Å². The number of halogens is 3. The monoisotopic (exact) mass is 332 g/mol. The van der Waals surface area contributed by atoms with E-state index in [0.29, 0.717) is 17.1 Å². The number of aromatic nitrogens is 1. The van der Waals surface area contributed by atoms with Gasteiger partial charge < -0.3 is 10.1 Å². The lowest BCUT2D eigenvalue weighted by Crippen LogP contribution is -2.05. The molecule has 0 bridgehead atoms. The van der Waals surface area contributed by atoms with Crippen LogP contribution in [0.1, 0.15) is 11.3 Å². The number of nitrogens with zero attached hydrogens (tertiary/aromatic N) is 1. The van der Waals surface area contributed by atoms with E-state index in [9.17, 15) is 13.2 Å². The van der Waals surface area contributed by atoms with Crippen molar-refractivity contribution in [3.05, 3.63) is 59.8 Å². The summed E-state index contributed by atoms with van der Waals surface area (Å²) in [5.41, 5.74) is 1.85. The Kier molecular flexibility index (Phi) is 4.05. The van der Waals surface area contributed by atoms with Gasteiger partial charge in [0.05, 0.1) is 18.2 Å². The maximum Gasteiger partial charge on any atom is 0.416 e. The number of alkyl halides is 3. The third-order valence-corrected chi connectivity index (χ3v) is 3.61. The van der Waals surface area contributed by atoms with Crippen molar-refractivity contribution in [2.45, 2.75) is 13.1 Å². The van der Waals surface area contributed by atoms with Crippen molar-refractivity contribution in [1.82, 2.24) is 4.98 Å². The molecule has 0 spiro atoms. The topological polar surface area (TPSA) is 34.1 Å². The van der Waals surface area contributed by atoms with Gasteiger partial charge in [-0.25, -0.2) is 0 Å². The van der Waals surface area contributed by atoms with Crippen LogP contribution in [0.3, 0.4) is 0 Å². The average Bonchev–Trinajstić information content (AvgIpc) is 2.54. The normalized spacial score (nSPS) is 11.5. The van der Waals surface area contributed by atoms with Crippen LogP contribution in [0.5, 0.6) is 5.75 Å². The molecule has 1 aromatic heterocycles. The molecule has 0 fully saturated rings. The van der Waals surface area contributed by atoms with Crippen LogP contribution in [0.25, 0.3) is 10.9 Å². The van der Waals surface area contributed by atoms with Crippen molar-refractivity contribution in [3.8, 4) is 5.75 Å². The van der Waals surface area contributed by atoms with Gasteiger partial charge >= 0.3 is 6.18 Å². The minimum Gasteiger partial charge on any atom is -0.497 e. The number of hydrogen-bond donors (Lipinski definition) is 1. The first-order chi connectivity index (χ1) is 11.4. The first-order valence-corrected chi connectivity index (χ1v) is 7.26. The van der Waals surface area contributed by atoms with E-state index in [0.717, 1.165) is 28.7 Å². The zero-order valence-electron chi connectivity index (χ0n) is 13.1. The van der Waals surface area contributed by atoms with Gasteiger partial charge in [-0.15, -0.1) is 0 Å². The predicted octanol–water partition coefficient (Wildman–Crippen LogP) is 5.31. The molecule has 0 aliphatic heterocycles. The highest BCUT2D eigenvalue weighted by Gasteiger charge is 2.30. The summed E-state index contributed by atoms with van der Waals surface area (Å²) >= 11 is 0. The van der Waals surface area contributed by atoms with Gasteiger partial charge in [-0.1, -0.05) is 6.07 Å². The van der Waals surface area contributed by atoms with Gasteiger partial charge in [-0.05, 0) is 49.4 Å². The van der Waals surface area contributed by atoms with Crippen LogP contribution in [0.4, 0.5) is 24.5 Å². The fraction of sp³-hybridized carbons (Fsp3) is 0.167. The largest absolute Gasteiger partial charge is 0.497 e. The molecule has 0 amide bonds. The molecule has 0 aliphatic carbocycles. The van der Waals surface area contributed by atoms with Crippen LogP contribution >= 0.6 is 0 Å². The molecule has 0 aliphatic rings. The lowest BCUT2D eigenvalue weighted by molar-refractivity contribution is -0.137. The third kappa shape index (κ3) is 3.27. The standard InChI is InChI=1S/C18H15F3N2O/c1-11-8-17(15-10-14(24-2)6-7-16(15)22-11)23-13-5-3-4-12(9-13)18(19,20)21/h3-10H,1-2H3,(H,22,23). The minimum atomic E-state index is -4.38. The number of methoxy groups -OCH3 is 1. The molecule has 2 aromatic carbocycles. The van der Waals surface area contributed by atoms with E-state index in [1.54, 1.807) is 31.4 Å². The Balaban J connectivity index is 2.06. The van der Waals surface area contributed by atoms with Gasteiger partial charge in [0.1, 0.15) is 5.75 Å². The molecule has 6 heteroatoms. The van der Waals surface area contributed by atoms with E-state index >= 15 is 0 Å². The molecule has 1 N–H and O–H groups in total. The molecular formula is C18H15F3N2O. The Morgan fingerprint density at radius 1 is 1.04 bits per heavy atom. The zero-order valence-corrected chi connectivity index (χ0v) is 13.1. The summed E-state index contributed by atoms with van der Waals surface area (Å²) in [6.45, 7) is 1.83. The quantitative estimate of drug-likeness (QED) is 0.705. The summed E-state index contributed by atoms with van der Waals surface area (Å²) in [6, 6.07) is 12.3. The number of nitrogens with one attached hydrogen (secondary N) is 1. The van der Waals surface area contributed by atoms with Gasteiger partial charge in [-0.3, -0.25) is 4.98 Å². The maximum atomic E-state index is 12.9. The molecule has 1 heterocycles. The lowest BCUT2D eigenvalue weighted by Gasteiger charge is -2.13. The molecule has 0 atom stereocenters. The van der Waals surface area contributed by atoms with E-state index in [2.05, 4.69) is 10.3 Å². The molecule has 0 saturated heterocycles. The first kappa shape index (κ1) is 16.1. The summed E-state index contributed by atoms with van der Waals surface area (Å²) in [5, 5.41) is 3.83. The molecule has 24 heavy (non-hydrogen) atoms. The SMILES string of the molecule is COc1ccc2nc(C)cc(Nc3cccc(C(F)(F)F)c3)c2c1. The Morgan fingerprint density at radius 2 is 1.83 bits per heavy atom. The molecular weight excluding hydrogens is 317 g/mol. The number of anilines is 2. The summed E-state index contributed by atoms with van der Waals surface area (Å²) in [5.74, 6) is 0.653. The number of ether oxygens (including phenoxy) is 1.